The standard InChI is InChI=1S/C13H21ClN2O2S2/c1-15-10-11-5-6-12(9-13(11)14)20(17,18)16-7-3-4-8-19-2/h5-6,9,15-16H,3-4,7-8,10H2,1-2H3. The third-order valence-corrected chi connectivity index (χ3v) is 5.28. The van der Waals surface area contributed by atoms with Crippen molar-refractivity contribution in [1.29, 1.82) is 0 Å². The van der Waals surface area contributed by atoms with Gasteiger partial charge in [-0.05, 0) is 49.6 Å². The van der Waals surface area contributed by atoms with Crippen LogP contribution in [0.3, 0.4) is 0 Å². The van der Waals surface area contributed by atoms with Crippen molar-refractivity contribution in [3.8, 4) is 0 Å². The maximum Gasteiger partial charge on any atom is 0.240 e. The molecule has 0 heterocycles. The van der Waals surface area contributed by atoms with Crippen molar-refractivity contribution in [3.63, 3.8) is 0 Å². The third-order valence-electron chi connectivity index (χ3n) is 2.77. The molecule has 4 nitrogen and oxygen atoms in total. The lowest BCUT2D eigenvalue weighted by Crippen LogP contribution is -2.25. The summed E-state index contributed by atoms with van der Waals surface area (Å²) in [5.74, 6) is 1.05. The Kier molecular flexibility index (Phi) is 7.91. The Labute approximate surface area is 130 Å². The zero-order chi connectivity index (χ0) is 15.0. The summed E-state index contributed by atoms with van der Waals surface area (Å²) in [4.78, 5) is 0.215. The van der Waals surface area contributed by atoms with E-state index < -0.39 is 10.0 Å². The van der Waals surface area contributed by atoms with E-state index in [0.717, 1.165) is 24.2 Å². The van der Waals surface area contributed by atoms with Gasteiger partial charge in [0.15, 0.2) is 0 Å². The predicted molar refractivity (Wildman–Crippen MR) is 87.0 cm³/mol. The highest BCUT2D eigenvalue weighted by atomic mass is 35.5. The van der Waals surface area contributed by atoms with Crippen molar-refractivity contribution in [2.24, 2.45) is 0 Å². The fourth-order valence-corrected chi connectivity index (χ4v) is 3.60. The van der Waals surface area contributed by atoms with Crippen molar-refractivity contribution in [2.75, 3.05) is 25.6 Å². The van der Waals surface area contributed by atoms with Crippen LogP contribution in [0.4, 0.5) is 0 Å². The lowest BCUT2D eigenvalue weighted by atomic mass is 10.2. The van der Waals surface area contributed by atoms with E-state index in [4.69, 9.17) is 11.6 Å². The van der Waals surface area contributed by atoms with Gasteiger partial charge in [-0.1, -0.05) is 17.7 Å². The number of hydrogen-bond donors (Lipinski definition) is 2. The van der Waals surface area contributed by atoms with E-state index in [2.05, 4.69) is 10.0 Å². The number of nitrogens with one attached hydrogen (secondary N) is 2. The maximum atomic E-state index is 12.1. The van der Waals surface area contributed by atoms with E-state index >= 15 is 0 Å². The summed E-state index contributed by atoms with van der Waals surface area (Å²) >= 11 is 7.85. The second-order valence-corrected chi connectivity index (χ2v) is 7.54. The fourth-order valence-electron chi connectivity index (χ4n) is 1.69. The first-order valence-electron chi connectivity index (χ1n) is 6.43. The molecule has 1 rings (SSSR count). The number of sulfonamides is 1. The first kappa shape index (κ1) is 17.8. The Hall–Kier alpha value is -0.270. The number of thioether (sulfide) groups is 1. The Morgan fingerprint density at radius 3 is 2.65 bits per heavy atom. The minimum atomic E-state index is -3.46. The summed E-state index contributed by atoms with van der Waals surface area (Å²) in [6.45, 7) is 1.07. The molecule has 0 fully saturated rings. The van der Waals surface area contributed by atoms with Crippen LogP contribution in [0.5, 0.6) is 0 Å². The Balaban J connectivity index is 2.65. The molecule has 0 saturated carbocycles. The highest BCUT2D eigenvalue weighted by Crippen LogP contribution is 2.20. The Bertz CT molecular complexity index is 521. The highest BCUT2D eigenvalue weighted by Gasteiger charge is 2.14. The first-order valence-corrected chi connectivity index (χ1v) is 9.68. The quantitative estimate of drug-likeness (QED) is 0.680. The van der Waals surface area contributed by atoms with Crippen LogP contribution >= 0.6 is 23.4 Å². The minimum absolute atomic E-state index is 0.215. The molecular weight excluding hydrogens is 316 g/mol. The monoisotopic (exact) mass is 336 g/mol. The molecule has 0 atom stereocenters. The molecule has 0 saturated heterocycles. The molecule has 0 amide bonds. The second-order valence-electron chi connectivity index (χ2n) is 4.38. The van der Waals surface area contributed by atoms with Crippen LogP contribution < -0.4 is 10.0 Å². The molecule has 114 valence electrons. The Morgan fingerprint density at radius 2 is 2.05 bits per heavy atom. The number of benzene rings is 1. The average Bonchev–Trinajstić information content (AvgIpc) is 2.41. The molecule has 0 unspecified atom stereocenters. The van der Waals surface area contributed by atoms with E-state index in [-0.39, 0.29) is 4.90 Å². The van der Waals surface area contributed by atoms with Crippen LogP contribution in [0.25, 0.3) is 0 Å². The van der Waals surface area contributed by atoms with Crippen LogP contribution in [0.15, 0.2) is 23.1 Å². The van der Waals surface area contributed by atoms with Gasteiger partial charge in [-0.3, -0.25) is 0 Å². The van der Waals surface area contributed by atoms with Gasteiger partial charge in [-0.2, -0.15) is 11.8 Å². The van der Waals surface area contributed by atoms with Gasteiger partial charge >= 0.3 is 0 Å². The summed E-state index contributed by atoms with van der Waals surface area (Å²) in [6, 6.07) is 4.82. The number of rotatable bonds is 9. The summed E-state index contributed by atoms with van der Waals surface area (Å²) < 4.78 is 26.8. The molecule has 0 radical (unpaired) electrons. The van der Waals surface area contributed by atoms with Gasteiger partial charge in [-0.25, -0.2) is 13.1 Å². The molecule has 7 heteroatoms. The molecule has 0 aromatic heterocycles. The lowest BCUT2D eigenvalue weighted by Gasteiger charge is -2.09. The fraction of sp³-hybridized carbons (Fsp3) is 0.538. The normalized spacial score (nSPS) is 11.8. The van der Waals surface area contributed by atoms with E-state index in [1.807, 2.05) is 13.3 Å². The first-order chi connectivity index (χ1) is 9.51. The van der Waals surface area contributed by atoms with Gasteiger partial charge in [-0.15, -0.1) is 0 Å². The van der Waals surface area contributed by atoms with Gasteiger partial charge in [0, 0.05) is 18.1 Å². The molecule has 0 aliphatic carbocycles. The summed E-state index contributed by atoms with van der Waals surface area (Å²) in [7, 11) is -1.65. The van der Waals surface area contributed by atoms with Crippen LogP contribution in [0.2, 0.25) is 5.02 Å². The SMILES string of the molecule is CNCc1ccc(S(=O)(=O)NCCCCSC)cc1Cl. The van der Waals surface area contributed by atoms with Crippen LogP contribution in [-0.2, 0) is 16.6 Å². The van der Waals surface area contributed by atoms with Crippen molar-refractivity contribution < 1.29 is 8.42 Å². The largest absolute Gasteiger partial charge is 0.316 e. The van der Waals surface area contributed by atoms with Gasteiger partial charge in [0.2, 0.25) is 10.0 Å². The van der Waals surface area contributed by atoms with Crippen molar-refractivity contribution in [1.82, 2.24) is 10.0 Å². The average molecular weight is 337 g/mol. The summed E-state index contributed by atoms with van der Waals surface area (Å²) in [6.07, 6.45) is 3.88. The topological polar surface area (TPSA) is 58.2 Å². The summed E-state index contributed by atoms with van der Waals surface area (Å²) in [5.41, 5.74) is 0.882. The van der Waals surface area contributed by atoms with Crippen LogP contribution in [-0.4, -0.2) is 34.0 Å². The molecule has 1 aromatic carbocycles. The lowest BCUT2D eigenvalue weighted by molar-refractivity contribution is 0.578. The van der Waals surface area contributed by atoms with Crippen molar-refractivity contribution in [2.45, 2.75) is 24.3 Å². The third kappa shape index (κ3) is 5.61. The van der Waals surface area contributed by atoms with Gasteiger partial charge in [0.1, 0.15) is 0 Å². The molecule has 0 aliphatic rings. The van der Waals surface area contributed by atoms with E-state index in [0.29, 0.717) is 18.1 Å². The summed E-state index contributed by atoms with van der Waals surface area (Å²) in [5, 5.41) is 3.45. The van der Waals surface area contributed by atoms with E-state index in [9.17, 15) is 8.42 Å². The molecule has 20 heavy (non-hydrogen) atoms. The van der Waals surface area contributed by atoms with Crippen molar-refractivity contribution in [3.05, 3.63) is 28.8 Å². The van der Waals surface area contributed by atoms with Crippen LogP contribution in [0, 0.1) is 0 Å². The molecular formula is C13H21ClN2O2S2. The predicted octanol–water partition coefficient (Wildman–Crippen LogP) is 2.48. The van der Waals surface area contributed by atoms with Crippen LogP contribution in [0.1, 0.15) is 18.4 Å². The highest BCUT2D eigenvalue weighted by molar-refractivity contribution is 7.98. The van der Waals surface area contributed by atoms with E-state index in [1.54, 1.807) is 23.9 Å². The zero-order valence-corrected chi connectivity index (χ0v) is 14.2. The zero-order valence-electron chi connectivity index (χ0n) is 11.8. The smallest absolute Gasteiger partial charge is 0.240 e. The second kappa shape index (κ2) is 8.89. The molecule has 0 bridgehead atoms. The minimum Gasteiger partial charge on any atom is -0.316 e. The molecule has 0 aliphatic heterocycles. The molecule has 1 aromatic rings. The van der Waals surface area contributed by atoms with Crippen molar-refractivity contribution >= 4 is 33.4 Å². The maximum absolute atomic E-state index is 12.1. The molecule has 2 N–H and O–H groups in total. The Morgan fingerprint density at radius 1 is 1.30 bits per heavy atom. The van der Waals surface area contributed by atoms with Gasteiger partial charge < -0.3 is 5.32 Å². The van der Waals surface area contributed by atoms with Gasteiger partial charge in [0.25, 0.3) is 0 Å². The van der Waals surface area contributed by atoms with Gasteiger partial charge in [0.05, 0.1) is 4.90 Å². The molecule has 0 spiro atoms. The number of unbranched alkanes of at least 4 members (excludes halogenated alkanes) is 1. The number of halogens is 1. The number of hydrogen-bond acceptors (Lipinski definition) is 4. The van der Waals surface area contributed by atoms with E-state index in [1.165, 1.54) is 6.07 Å².